The van der Waals surface area contributed by atoms with Crippen LogP contribution in [0.5, 0.6) is 11.5 Å². The minimum atomic E-state index is -0.864. The van der Waals surface area contributed by atoms with Gasteiger partial charge in [0, 0.05) is 6.07 Å². The molecule has 0 saturated carbocycles. The molecule has 0 unspecified atom stereocenters. The molecule has 4 nitrogen and oxygen atoms in total. The Morgan fingerprint density at radius 2 is 1.71 bits per heavy atom. The minimum absolute atomic E-state index is 0.0897. The molecule has 0 saturated heterocycles. The van der Waals surface area contributed by atoms with Crippen molar-refractivity contribution in [3.05, 3.63) is 47.5 Å². The monoisotopic (exact) mass is 290 g/mol. The summed E-state index contributed by atoms with van der Waals surface area (Å²) in [6, 6.07) is 8.43. The van der Waals surface area contributed by atoms with E-state index in [-0.39, 0.29) is 11.3 Å². The van der Waals surface area contributed by atoms with E-state index in [4.69, 9.17) is 14.7 Å². The minimum Gasteiger partial charge on any atom is -0.497 e. The molecule has 2 aromatic carbocycles. The highest BCUT2D eigenvalue weighted by Gasteiger charge is 2.14. The first-order valence-electron chi connectivity index (χ1n) is 5.97. The summed E-state index contributed by atoms with van der Waals surface area (Å²) < 4.78 is 37.9. The third-order valence-electron chi connectivity index (χ3n) is 2.84. The number of ether oxygens (including phenoxy) is 2. The second kappa shape index (κ2) is 6.09. The van der Waals surface area contributed by atoms with E-state index in [2.05, 4.69) is 5.32 Å². The van der Waals surface area contributed by atoms with Gasteiger partial charge < -0.3 is 14.8 Å². The molecule has 0 fully saturated rings. The van der Waals surface area contributed by atoms with Crippen LogP contribution in [0, 0.1) is 23.0 Å². The number of hydrogen-bond donors (Lipinski definition) is 1. The van der Waals surface area contributed by atoms with Gasteiger partial charge in [0.2, 0.25) is 0 Å². The molecule has 0 spiro atoms. The predicted molar refractivity (Wildman–Crippen MR) is 73.9 cm³/mol. The molecule has 1 N–H and O–H groups in total. The van der Waals surface area contributed by atoms with Crippen molar-refractivity contribution in [2.75, 3.05) is 19.5 Å². The maximum atomic E-state index is 13.9. The first-order valence-corrected chi connectivity index (χ1v) is 5.97. The SMILES string of the molecule is COc1ccc(OC)c(Nc2c(F)cc(C#N)cc2F)c1. The van der Waals surface area contributed by atoms with E-state index in [0.717, 1.165) is 12.1 Å². The first kappa shape index (κ1) is 14.6. The fraction of sp³-hybridized carbons (Fsp3) is 0.133. The fourth-order valence-electron chi connectivity index (χ4n) is 1.80. The van der Waals surface area contributed by atoms with E-state index in [1.54, 1.807) is 24.3 Å². The van der Waals surface area contributed by atoms with Crippen LogP contribution in [0.25, 0.3) is 0 Å². The third kappa shape index (κ3) is 3.03. The number of rotatable bonds is 4. The second-order valence-corrected chi connectivity index (χ2v) is 4.12. The van der Waals surface area contributed by atoms with Crippen LogP contribution in [0.15, 0.2) is 30.3 Å². The van der Waals surface area contributed by atoms with Gasteiger partial charge in [0.05, 0.1) is 31.5 Å². The van der Waals surface area contributed by atoms with Crippen LogP contribution in [-0.4, -0.2) is 14.2 Å². The standard InChI is InChI=1S/C15H12F2N2O2/c1-20-10-3-4-14(21-2)13(7-10)19-15-11(16)5-9(8-18)6-12(15)17/h3-7,19H,1-2H3. The Morgan fingerprint density at radius 1 is 1.05 bits per heavy atom. The number of nitriles is 1. The Labute approximate surface area is 120 Å². The Hall–Kier alpha value is -2.81. The van der Waals surface area contributed by atoms with Crippen LogP contribution in [0.3, 0.4) is 0 Å². The number of nitrogens with one attached hydrogen (secondary N) is 1. The zero-order valence-corrected chi connectivity index (χ0v) is 11.4. The molecule has 108 valence electrons. The lowest BCUT2D eigenvalue weighted by Gasteiger charge is -2.14. The lowest BCUT2D eigenvalue weighted by molar-refractivity contribution is 0.404. The van der Waals surface area contributed by atoms with E-state index in [0.29, 0.717) is 17.2 Å². The van der Waals surface area contributed by atoms with Crippen LogP contribution >= 0.6 is 0 Å². The summed E-state index contributed by atoms with van der Waals surface area (Å²) in [5, 5.41) is 11.3. The van der Waals surface area contributed by atoms with Crippen molar-refractivity contribution in [3.8, 4) is 17.6 Å². The molecule has 0 heterocycles. The molecular formula is C15H12F2N2O2. The Bertz CT molecular complexity index is 688. The van der Waals surface area contributed by atoms with Crippen molar-refractivity contribution in [2.24, 2.45) is 0 Å². The predicted octanol–water partition coefficient (Wildman–Crippen LogP) is 3.60. The van der Waals surface area contributed by atoms with E-state index in [9.17, 15) is 8.78 Å². The maximum Gasteiger partial charge on any atom is 0.150 e. The van der Waals surface area contributed by atoms with E-state index in [1.165, 1.54) is 14.2 Å². The molecule has 0 aliphatic heterocycles. The van der Waals surface area contributed by atoms with Gasteiger partial charge in [0.25, 0.3) is 0 Å². The molecular weight excluding hydrogens is 278 g/mol. The van der Waals surface area contributed by atoms with Gasteiger partial charge in [0.1, 0.15) is 17.2 Å². The average molecular weight is 290 g/mol. The van der Waals surface area contributed by atoms with Gasteiger partial charge in [-0.15, -0.1) is 0 Å². The molecule has 2 aromatic rings. The number of anilines is 2. The van der Waals surface area contributed by atoms with Gasteiger partial charge in [-0.2, -0.15) is 5.26 Å². The normalized spacial score (nSPS) is 9.86. The van der Waals surface area contributed by atoms with Crippen molar-refractivity contribution < 1.29 is 18.3 Å². The summed E-state index contributed by atoms with van der Waals surface area (Å²) in [6.45, 7) is 0. The molecule has 6 heteroatoms. The van der Waals surface area contributed by atoms with Crippen molar-refractivity contribution >= 4 is 11.4 Å². The number of nitrogens with zero attached hydrogens (tertiary/aromatic N) is 1. The molecule has 21 heavy (non-hydrogen) atoms. The largest absolute Gasteiger partial charge is 0.497 e. The third-order valence-corrected chi connectivity index (χ3v) is 2.84. The summed E-state index contributed by atoms with van der Waals surface area (Å²) in [7, 11) is 2.92. The maximum absolute atomic E-state index is 13.9. The highest BCUT2D eigenvalue weighted by molar-refractivity contribution is 5.69. The van der Waals surface area contributed by atoms with Gasteiger partial charge in [-0.1, -0.05) is 0 Å². The van der Waals surface area contributed by atoms with Gasteiger partial charge in [-0.05, 0) is 24.3 Å². The van der Waals surface area contributed by atoms with Crippen molar-refractivity contribution in [1.29, 1.82) is 5.26 Å². The lowest BCUT2D eigenvalue weighted by Crippen LogP contribution is -2.01. The lowest BCUT2D eigenvalue weighted by atomic mass is 10.2. The molecule has 0 amide bonds. The highest BCUT2D eigenvalue weighted by Crippen LogP contribution is 2.33. The van der Waals surface area contributed by atoms with Crippen molar-refractivity contribution in [2.45, 2.75) is 0 Å². The Kier molecular flexibility index (Phi) is 4.24. The summed E-state index contributed by atoms with van der Waals surface area (Å²) in [4.78, 5) is 0. The smallest absolute Gasteiger partial charge is 0.150 e. The van der Waals surface area contributed by atoms with E-state index >= 15 is 0 Å². The topological polar surface area (TPSA) is 54.3 Å². The zero-order chi connectivity index (χ0) is 15.4. The van der Waals surface area contributed by atoms with Gasteiger partial charge >= 0.3 is 0 Å². The summed E-state index contributed by atoms with van der Waals surface area (Å²) >= 11 is 0. The van der Waals surface area contributed by atoms with Crippen LogP contribution in [0.4, 0.5) is 20.2 Å². The van der Waals surface area contributed by atoms with E-state index < -0.39 is 11.6 Å². The molecule has 0 bridgehead atoms. The van der Waals surface area contributed by atoms with Crippen molar-refractivity contribution in [1.82, 2.24) is 0 Å². The summed E-state index contributed by atoms with van der Waals surface area (Å²) in [5.41, 5.74) is -0.104. The number of hydrogen-bond acceptors (Lipinski definition) is 4. The molecule has 0 aliphatic rings. The molecule has 0 radical (unpaired) electrons. The van der Waals surface area contributed by atoms with E-state index in [1.807, 2.05) is 0 Å². The van der Waals surface area contributed by atoms with Gasteiger partial charge in [0.15, 0.2) is 11.6 Å². The van der Waals surface area contributed by atoms with Gasteiger partial charge in [-0.3, -0.25) is 0 Å². The molecule has 0 aromatic heterocycles. The number of benzene rings is 2. The fourth-order valence-corrected chi connectivity index (χ4v) is 1.80. The van der Waals surface area contributed by atoms with Gasteiger partial charge in [-0.25, -0.2) is 8.78 Å². The average Bonchev–Trinajstić information content (AvgIpc) is 2.50. The Morgan fingerprint density at radius 3 is 2.24 bits per heavy atom. The summed E-state index contributed by atoms with van der Waals surface area (Å²) in [6.07, 6.45) is 0. The van der Waals surface area contributed by atoms with Crippen LogP contribution in [0.1, 0.15) is 5.56 Å². The number of methoxy groups -OCH3 is 2. The van der Waals surface area contributed by atoms with Crippen LogP contribution < -0.4 is 14.8 Å². The first-order chi connectivity index (χ1) is 10.1. The van der Waals surface area contributed by atoms with Crippen LogP contribution in [-0.2, 0) is 0 Å². The Balaban J connectivity index is 2.45. The quantitative estimate of drug-likeness (QED) is 0.934. The summed E-state index contributed by atoms with van der Waals surface area (Å²) in [5.74, 6) is -0.820. The molecule has 2 rings (SSSR count). The highest BCUT2D eigenvalue weighted by atomic mass is 19.1. The number of halogens is 2. The second-order valence-electron chi connectivity index (χ2n) is 4.12. The molecule has 0 aliphatic carbocycles. The zero-order valence-electron chi connectivity index (χ0n) is 11.4. The van der Waals surface area contributed by atoms with Crippen molar-refractivity contribution in [3.63, 3.8) is 0 Å². The molecule has 0 atom stereocenters. The van der Waals surface area contributed by atoms with Crippen LogP contribution in [0.2, 0.25) is 0 Å².